The number of pyridine rings is 1. The molecule has 3 rings (SSSR count). The molecule has 0 bridgehead atoms. The molecule has 8 nitrogen and oxygen atoms in total. The molecule has 0 aliphatic heterocycles. The number of benzene rings is 1. The topological polar surface area (TPSA) is 106 Å². The molecule has 1 aromatic carbocycles. The van der Waals surface area contributed by atoms with Gasteiger partial charge in [0.2, 0.25) is 0 Å². The van der Waals surface area contributed by atoms with Crippen LogP contribution in [0.4, 0.5) is 15.9 Å². The van der Waals surface area contributed by atoms with E-state index in [1.54, 1.807) is 13.0 Å². The fourth-order valence-electron chi connectivity index (χ4n) is 2.74. The van der Waals surface area contributed by atoms with Gasteiger partial charge in [0, 0.05) is 13.7 Å². The summed E-state index contributed by atoms with van der Waals surface area (Å²) in [5, 5.41) is 11.8. The van der Waals surface area contributed by atoms with Crippen LogP contribution >= 0.6 is 0 Å². The average molecular weight is 389 g/mol. The zero-order valence-electron chi connectivity index (χ0n) is 15.4. The maximum absolute atomic E-state index is 14.3. The first kappa shape index (κ1) is 19.6. The Morgan fingerprint density at radius 2 is 2.14 bits per heavy atom. The summed E-state index contributed by atoms with van der Waals surface area (Å²) in [5.74, 6) is -1.15. The molecular formula is C19H20FN3O5. The van der Waals surface area contributed by atoms with Crippen LogP contribution in [0.2, 0.25) is 0 Å². The monoisotopic (exact) mass is 389 g/mol. The molecule has 1 amide bonds. The minimum Gasteiger partial charge on any atom is -0.463 e. The Bertz CT molecular complexity index is 1070. The van der Waals surface area contributed by atoms with Gasteiger partial charge >= 0.3 is 0 Å². The van der Waals surface area contributed by atoms with Gasteiger partial charge in [0.05, 0.1) is 23.9 Å². The first-order valence-corrected chi connectivity index (χ1v) is 8.60. The molecule has 0 saturated carbocycles. The molecule has 2 aromatic heterocycles. The summed E-state index contributed by atoms with van der Waals surface area (Å²) in [6, 6.07) is 6.01. The van der Waals surface area contributed by atoms with Gasteiger partial charge in [0.15, 0.2) is 5.58 Å². The molecule has 28 heavy (non-hydrogen) atoms. The summed E-state index contributed by atoms with van der Waals surface area (Å²) < 4.78 is 20.9. The van der Waals surface area contributed by atoms with Crippen molar-refractivity contribution in [3.8, 4) is 0 Å². The zero-order chi connectivity index (χ0) is 20.3. The normalized spacial score (nSPS) is 11.0. The highest BCUT2D eigenvalue weighted by Crippen LogP contribution is 2.28. The van der Waals surface area contributed by atoms with Gasteiger partial charge in [-0.2, -0.15) is 0 Å². The second kappa shape index (κ2) is 8.24. The minimum atomic E-state index is -0.677. The summed E-state index contributed by atoms with van der Waals surface area (Å²) in [4.78, 5) is 30.4. The van der Waals surface area contributed by atoms with Gasteiger partial charge in [0.1, 0.15) is 17.2 Å². The number of hydroxylamine groups is 1. The van der Waals surface area contributed by atoms with Crippen LogP contribution in [-0.2, 0) is 11.9 Å². The Kier molecular flexibility index (Phi) is 5.76. The predicted molar refractivity (Wildman–Crippen MR) is 101 cm³/mol. The zero-order valence-corrected chi connectivity index (χ0v) is 15.4. The van der Waals surface area contributed by atoms with Crippen LogP contribution < -0.4 is 16.4 Å². The van der Waals surface area contributed by atoms with Crippen LogP contribution in [-0.4, -0.2) is 28.8 Å². The van der Waals surface area contributed by atoms with E-state index in [0.717, 1.165) is 5.56 Å². The van der Waals surface area contributed by atoms with Crippen molar-refractivity contribution >= 4 is 28.4 Å². The number of aliphatic hydroxyl groups excluding tert-OH is 1. The van der Waals surface area contributed by atoms with E-state index in [9.17, 15) is 14.0 Å². The highest BCUT2D eigenvalue weighted by Gasteiger charge is 2.24. The van der Waals surface area contributed by atoms with E-state index in [-0.39, 0.29) is 41.3 Å². The van der Waals surface area contributed by atoms with Gasteiger partial charge in [-0.15, -0.1) is 0 Å². The number of anilines is 2. The molecule has 0 radical (unpaired) electrons. The minimum absolute atomic E-state index is 0.00827. The number of aliphatic hydroxyl groups is 1. The van der Waals surface area contributed by atoms with Gasteiger partial charge in [-0.25, -0.2) is 9.87 Å². The van der Waals surface area contributed by atoms with Crippen molar-refractivity contribution in [3.63, 3.8) is 0 Å². The van der Waals surface area contributed by atoms with Crippen molar-refractivity contribution in [1.82, 2.24) is 10.0 Å². The van der Waals surface area contributed by atoms with Crippen LogP contribution in [0.5, 0.6) is 0 Å². The largest absolute Gasteiger partial charge is 0.463 e. The number of aromatic nitrogens is 1. The summed E-state index contributed by atoms with van der Waals surface area (Å²) in [5.41, 5.74) is 2.72. The van der Waals surface area contributed by atoms with E-state index in [4.69, 9.17) is 14.4 Å². The standard InChI is InChI=1S/C19H20FN3O5/c1-11-4-5-14(13(20)10-11)21-17-15(18(25)22-28-8-3-7-24)16-12(6-9-27-16)19(26)23(17)2/h4-6,9-10,21,24H,3,7-8H2,1-2H3,(H,22,25). The van der Waals surface area contributed by atoms with E-state index in [2.05, 4.69) is 10.8 Å². The van der Waals surface area contributed by atoms with Crippen molar-refractivity contribution in [1.29, 1.82) is 0 Å². The Morgan fingerprint density at radius 1 is 1.36 bits per heavy atom. The van der Waals surface area contributed by atoms with Gasteiger partial charge in [-0.05, 0) is 37.1 Å². The molecule has 3 aromatic rings. The van der Waals surface area contributed by atoms with Crippen molar-refractivity contribution in [2.24, 2.45) is 7.05 Å². The number of hydrogen-bond acceptors (Lipinski definition) is 6. The number of rotatable bonds is 7. The number of amides is 1. The molecule has 9 heteroatoms. The van der Waals surface area contributed by atoms with Gasteiger partial charge < -0.3 is 14.8 Å². The lowest BCUT2D eigenvalue weighted by molar-refractivity contribution is 0.0262. The summed E-state index contributed by atoms with van der Waals surface area (Å²) >= 11 is 0. The maximum Gasteiger partial charge on any atom is 0.282 e. The van der Waals surface area contributed by atoms with Gasteiger partial charge in [0.25, 0.3) is 11.5 Å². The quantitative estimate of drug-likeness (QED) is 0.423. The third-order valence-corrected chi connectivity index (χ3v) is 4.17. The number of aryl methyl sites for hydroxylation is 1. The van der Waals surface area contributed by atoms with E-state index in [1.165, 1.54) is 36.1 Å². The molecule has 0 aliphatic carbocycles. The molecular weight excluding hydrogens is 369 g/mol. The Morgan fingerprint density at radius 3 is 2.86 bits per heavy atom. The number of furan rings is 1. The molecule has 0 fully saturated rings. The molecule has 0 saturated heterocycles. The third kappa shape index (κ3) is 3.75. The molecule has 0 spiro atoms. The van der Waals surface area contributed by atoms with Crippen LogP contribution in [0.1, 0.15) is 22.3 Å². The first-order valence-electron chi connectivity index (χ1n) is 8.60. The lowest BCUT2D eigenvalue weighted by Crippen LogP contribution is -2.29. The van der Waals surface area contributed by atoms with Crippen LogP contribution in [0, 0.1) is 12.7 Å². The van der Waals surface area contributed by atoms with Gasteiger partial charge in [-0.1, -0.05) is 6.07 Å². The number of fused-ring (bicyclic) bond motifs is 1. The number of carbonyl (C=O) groups excluding carboxylic acids is 1. The van der Waals surface area contributed by atoms with E-state index >= 15 is 0 Å². The molecule has 3 N–H and O–H groups in total. The Hall–Kier alpha value is -3.17. The lowest BCUT2D eigenvalue weighted by atomic mass is 10.1. The number of nitrogens with zero attached hydrogens (tertiary/aromatic N) is 1. The number of hydrogen-bond donors (Lipinski definition) is 3. The van der Waals surface area contributed by atoms with Crippen LogP contribution in [0.25, 0.3) is 11.0 Å². The van der Waals surface area contributed by atoms with Crippen molar-refractivity contribution in [2.75, 3.05) is 18.5 Å². The highest BCUT2D eigenvalue weighted by molar-refractivity contribution is 6.09. The fraction of sp³-hybridized carbons (Fsp3) is 0.263. The number of nitrogens with one attached hydrogen (secondary N) is 2. The Labute approximate surface area is 159 Å². The van der Waals surface area contributed by atoms with Crippen molar-refractivity contribution in [2.45, 2.75) is 13.3 Å². The van der Waals surface area contributed by atoms with E-state index in [1.807, 2.05) is 0 Å². The van der Waals surface area contributed by atoms with Gasteiger partial charge in [-0.3, -0.25) is 19.0 Å². The summed E-state index contributed by atoms with van der Waals surface area (Å²) in [6.07, 6.45) is 1.63. The molecule has 148 valence electrons. The smallest absolute Gasteiger partial charge is 0.282 e. The Balaban J connectivity index is 2.08. The predicted octanol–water partition coefficient (Wildman–Crippen LogP) is 2.37. The number of halogens is 1. The second-order valence-corrected chi connectivity index (χ2v) is 6.22. The molecule has 0 aliphatic rings. The fourth-order valence-corrected chi connectivity index (χ4v) is 2.74. The van der Waals surface area contributed by atoms with Crippen LogP contribution in [0.3, 0.4) is 0 Å². The second-order valence-electron chi connectivity index (χ2n) is 6.22. The van der Waals surface area contributed by atoms with E-state index in [0.29, 0.717) is 6.42 Å². The van der Waals surface area contributed by atoms with Crippen LogP contribution in [0.15, 0.2) is 39.7 Å². The van der Waals surface area contributed by atoms with Crippen molar-refractivity contribution in [3.05, 3.63) is 57.8 Å². The molecule has 0 atom stereocenters. The molecule has 2 heterocycles. The third-order valence-electron chi connectivity index (χ3n) is 4.17. The highest BCUT2D eigenvalue weighted by atomic mass is 19.1. The lowest BCUT2D eigenvalue weighted by Gasteiger charge is -2.17. The first-order chi connectivity index (χ1) is 13.4. The number of carbonyl (C=O) groups is 1. The summed E-state index contributed by atoms with van der Waals surface area (Å²) in [6.45, 7) is 1.77. The maximum atomic E-state index is 14.3. The summed E-state index contributed by atoms with van der Waals surface area (Å²) in [7, 11) is 1.46. The molecule has 0 unspecified atom stereocenters. The SMILES string of the molecule is Cc1ccc(Nc2c(C(=O)NOCCCO)c3occc3c(=O)n2C)c(F)c1. The van der Waals surface area contributed by atoms with Crippen molar-refractivity contribution < 1.29 is 23.5 Å². The average Bonchev–Trinajstić information content (AvgIpc) is 3.14. The van der Waals surface area contributed by atoms with E-state index < -0.39 is 17.3 Å².